The number of benzene rings is 1. The van der Waals surface area contributed by atoms with Gasteiger partial charge in [-0.1, -0.05) is 29.5 Å². The van der Waals surface area contributed by atoms with Crippen LogP contribution in [0.2, 0.25) is 0 Å². The number of amides is 1. The smallest absolute Gasteiger partial charge is 0.308 e. The van der Waals surface area contributed by atoms with Crippen LogP contribution in [-0.2, 0) is 11.3 Å². The standard InChI is InChI=1S/C15H15N3O3S2/c16-17-11(19)5-18-14-13(23-15(18)20)12-8(7-22-14)6-21-10-4-2-1-3-9(10)12/h1-4,8,12H,5-7,16H2,(H,17,19)/t8-,12-/m1/s1. The van der Waals surface area contributed by atoms with E-state index in [0.717, 1.165) is 27.0 Å². The summed E-state index contributed by atoms with van der Waals surface area (Å²) in [5, 5.41) is 0.890. The Morgan fingerprint density at radius 3 is 3.09 bits per heavy atom. The average molecular weight is 349 g/mol. The van der Waals surface area contributed by atoms with Crippen molar-refractivity contribution in [1.29, 1.82) is 0 Å². The minimum Gasteiger partial charge on any atom is -0.493 e. The maximum Gasteiger partial charge on any atom is 0.308 e. The van der Waals surface area contributed by atoms with Crippen LogP contribution in [0.15, 0.2) is 34.1 Å². The van der Waals surface area contributed by atoms with Crippen molar-refractivity contribution in [2.75, 3.05) is 12.4 Å². The third-order valence-electron chi connectivity index (χ3n) is 4.23. The molecule has 0 saturated heterocycles. The third-order valence-corrected chi connectivity index (χ3v) is 6.73. The summed E-state index contributed by atoms with van der Waals surface area (Å²) in [6.45, 7) is 0.618. The molecule has 1 aromatic carbocycles. The predicted octanol–water partition coefficient (Wildman–Crippen LogP) is 1.15. The fraction of sp³-hybridized carbons (Fsp3) is 0.333. The molecule has 2 atom stereocenters. The molecule has 3 heterocycles. The van der Waals surface area contributed by atoms with Gasteiger partial charge in [-0.3, -0.25) is 19.6 Å². The van der Waals surface area contributed by atoms with E-state index >= 15 is 0 Å². The van der Waals surface area contributed by atoms with E-state index in [2.05, 4.69) is 11.5 Å². The number of aromatic nitrogens is 1. The number of carbonyl (C=O) groups is 1. The largest absolute Gasteiger partial charge is 0.493 e. The molecule has 120 valence electrons. The molecule has 2 aliphatic rings. The molecule has 4 rings (SSSR count). The SMILES string of the molecule is NNC(=O)Cn1c2c(sc1=O)[C@H]1c3ccccc3OC[C@@H]1CS2. The van der Waals surface area contributed by atoms with Crippen molar-refractivity contribution < 1.29 is 9.53 Å². The first kappa shape index (κ1) is 14.8. The van der Waals surface area contributed by atoms with E-state index in [-0.39, 0.29) is 23.2 Å². The van der Waals surface area contributed by atoms with Crippen molar-refractivity contribution in [2.45, 2.75) is 17.5 Å². The zero-order valence-electron chi connectivity index (χ0n) is 12.2. The second kappa shape index (κ2) is 5.70. The number of thiazole rings is 1. The highest BCUT2D eigenvalue weighted by Crippen LogP contribution is 2.50. The maximum atomic E-state index is 12.4. The number of fused-ring (bicyclic) bond motifs is 5. The Bertz CT molecular complexity index is 830. The highest BCUT2D eigenvalue weighted by molar-refractivity contribution is 7.99. The first-order chi connectivity index (χ1) is 11.2. The molecule has 0 fully saturated rings. The van der Waals surface area contributed by atoms with Crippen LogP contribution in [0, 0.1) is 5.92 Å². The topological polar surface area (TPSA) is 86.4 Å². The molecule has 0 bridgehead atoms. The number of hydrazine groups is 1. The molecule has 8 heteroatoms. The van der Waals surface area contributed by atoms with E-state index in [4.69, 9.17) is 10.6 Å². The Balaban J connectivity index is 1.82. The van der Waals surface area contributed by atoms with Crippen molar-refractivity contribution in [1.82, 2.24) is 9.99 Å². The van der Waals surface area contributed by atoms with Gasteiger partial charge in [-0.05, 0) is 6.07 Å². The van der Waals surface area contributed by atoms with Crippen LogP contribution in [0.4, 0.5) is 0 Å². The molecule has 0 spiro atoms. The molecule has 1 amide bonds. The van der Waals surface area contributed by atoms with Crippen molar-refractivity contribution in [3.63, 3.8) is 0 Å². The van der Waals surface area contributed by atoms with Crippen molar-refractivity contribution in [2.24, 2.45) is 11.8 Å². The number of para-hydroxylation sites is 1. The molecule has 0 unspecified atom stereocenters. The summed E-state index contributed by atoms with van der Waals surface area (Å²) in [5.74, 6) is 7.04. The second-order valence-corrected chi connectivity index (χ2v) is 7.59. The highest BCUT2D eigenvalue weighted by Gasteiger charge is 2.39. The van der Waals surface area contributed by atoms with Gasteiger partial charge in [-0.2, -0.15) is 0 Å². The lowest BCUT2D eigenvalue weighted by molar-refractivity contribution is -0.121. The van der Waals surface area contributed by atoms with Crippen LogP contribution in [-0.4, -0.2) is 22.8 Å². The Morgan fingerprint density at radius 1 is 1.43 bits per heavy atom. The summed E-state index contributed by atoms with van der Waals surface area (Å²) in [7, 11) is 0. The molecule has 0 aliphatic carbocycles. The van der Waals surface area contributed by atoms with Gasteiger partial charge < -0.3 is 4.74 Å². The number of carbonyl (C=O) groups excluding carboxylic acids is 1. The summed E-state index contributed by atoms with van der Waals surface area (Å²) >= 11 is 2.85. The molecule has 6 nitrogen and oxygen atoms in total. The summed E-state index contributed by atoms with van der Waals surface area (Å²) in [4.78, 5) is 24.9. The van der Waals surface area contributed by atoms with E-state index in [0.29, 0.717) is 12.5 Å². The molecular formula is C15H15N3O3S2. The first-order valence-corrected chi connectivity index (χ1v) is 9.06. The van der Waals surface area contributed by atoms with Crippen LogP contribution in [0.25, 0.3) is 0 Å². The normalized spacial score (nSPS) is 21.6. The van der Waals surface area contributed by atoms with Crippen LogP contribution in [0.5, 0.6) is 5.75 Å². The van der Waals surface area contributed by atoms with Crippen molar-refractivity contribution in [3.8, 4) is 5.75 Å². The minimum atomic E-state index is -0.372. The number of thioether (sulfide) groups is 1. The lowest BCUT2D eigenvalue weighted by Gasteiger charge is -2.36. The summed E-state index contributed by atoms with van der Waals surface area (Å²) < 4.78 is 7.38. The predicted molar refractivity (Wildman–Crippen MR) is 88.9 cm³/mol. The van der Waals surface area contributed by atoms with Gasteiger partial charge in [0.15, 0.2) is 0 Å². The highest BCUT2D eigenvalue weighted by atomic mass is 32.2. The van der Waals surface area contributed by atoms with E-state index in [1.807, 2.05) is 18.2 Å². The number of hydrogen-bond donors (Lipinski definition) is 2. The fourth-order valence-corrected chi connectivity index (χ4v) is 5.87. The third kappa shape index (κ3) is 2.37. The van der Waals surface area contributed by atoms with Gasteiger partial charge >= 0.3 is 4.87 Å². The van der Waals surface area contributed by atoms with E-state index < -0.39 is 0 Å². The first-order valence-electron chi connectivity index (χ1n) is 7.26. The minimum absolute atomic E-state index is 0.0380. The Labute approximate surface area is 140 Å². The molecule has 2 aliphatic heterocycles. The summed E-state index contributed by atoms with van der Waals surface area (Å²) in [6, 6.07) is 7.98. The molecule has 2 aromatic rings. The van der Waals surface area contributed by atoms with Gasteiger partial charge in [-0.15, -0.1) is 11.8 Å². The number of hydrogen-bond acceptors (Lipinski definition) is 6. The molecular weight excluding hydrogens is 334 g/mol. The monoisotopic (exact) mass is 349 g/mol. The zero-order valence-corrected chi connectivity index (χ0v) is 13.8. The van der Waals surface area contributed by atoms with Gasteiger partial charge in [0.05, 0.1) is 11.6 Å². The van der Waals surface area contributed by atoms with Crippen LogP contribution in [0.1, 0.15) is 16.4 Å². The van der Waals surface area contributed by atoms with E-state index in [9.17, 15) is 9.59 Å². The number of nitrogens with zero attached hydrogens (tertiary/aromatic N) is 1. The van der Waals surface area contributed by atoms with E-state index in [1.165, 1.54) is 15.9 Å². The van der Waals surface area contributed by atoms with Gasteiger partial charge in [0.25, 0.3) is 5.91 Å². The van der Waals surface area contributed by atoms with E-state index in [1.54, 1.807) is 11.8 Å². The van der Waals surface area contributed by atoms with Gasteiger partial charge in [0, 0.05) is 28.0 Å². The lowest BCUT2D eigenvalue weighted by Crippen LogP contribution is -2.36. The van der Waals surface area contributed by atoms with Crippen LogP contribution in [0.3, 0.4) is 0 Å². The number of nitrogens with two attached hydrogens (primary N) is 1. The quantitative estimate of drug-likeness (QED) is 0.482. The number of ether oxygens (including phenoxy) is 1. The van der Waals surface area contributed by atoms with Crippen molar-refractivity contribution in [3.05, 3.63) is 44.4 Å². The molecule has 0 saturated carbocycles. The molecule has 0 radical (unpaired) electrons. The lowest BCUT2D eigenvalue weighted by atomic mass is 9.84. The number of nitrogens with one attached hydrogen (secondary N) is 1. The Hall–Kier alpha value is -1.77. The van der Waals surface area contributed by atoms with Gasteiger partial charge in [0.1, 0.15) is 12.3 Å². The van der Waals surface area contributed by atoms with Gasteiger partial charge in [0.2, 0.25) is 0 Å². The summed E-state index contributed by atoms with van der Waals surface area (Å²) in [5.41, 5.74) is 3.21. The Morgan fingerprint density at radius 2 is 2.26 bits per heavy atom. The average Bonchev–Trinajstić information content (AvgIpc) is 2.90. The Kier molecular flexibility index (Phi) is 3.67. The molecule has 3 N–H and O–H groups in total. The van der Waals surface area contributed by atoms with Crippen LogP contribution < -0.4 is 20.9 Å². The maximum absolute atomic E-state index is 12.4. The number of rotatable bonds is 2. The molecule has 23 heavy (non-hydrogen) atoms. The van der Waals surface area contributed by atoms with Crippen molar-refractivity contribution >= 4 is 29.0 Å². The summed E-state index contributed by atoms with van der Waals surface area (Å²) in [6.07, 6.45) is 0. The zero-order chi connectivity index (χ0) is 16.0. The van der Waals surface area contributed by atoms with Crippen LogP contribution >= 0.6 is 23.1 Å². The molecule has 1 aromatic heterocycles. The van der Waals surface area contributed by atoms with Gasteiger partial charge in [-0.25, -0.2) is 5.84 Å². The fourth-order valence-electron chi connectivity index (χ4n) is 3.18. The second-order valence-electron chi connectivity index (χ2n) is 5.59.